The Morgan fingerprint density at radius 3 is 2.44 bits per heavy atom. The monoisotopic (exact) mass is 352 g/mol. The van der Waals surface area contributed by atoms with Gasteiger partial charge < -0.3 is 10.2 Å². The number of hydroxylamine groups is 1. The maximum Gasteiger partial charge on any atom is 0.243 e. The molecule has 9 nitrogen and oxygen atoms in total. The summed E-state index contributed by atoms with van der Waals surface area (Å²) in [5, 5.41) is 31.3. The highest BCUT2D eigenvalue weighted by Crippen LogP contribution is 2.21. The number of aryl methyl sites for hydroxylation is 1. The van der Waals surface area contributed by atoms with Crippen molar-refractivity contribution in [2.75, 3.05) is 0 Å². The van der Waals surface area contributed by atoms with Gasteiger partial charge in [0.15, 0.2) is 0 Å². The van der Waals surface area contributed by atoms with Crippen LogP contribution < -0.4 is 10.9 Å². The van der Waals surface area contributed by atoms with Gasteiger partial charge >= 0.3 is 0 Å². The van der Waals surface area contributed by atoms with E-state index in [1.165, 1.54) is 12.4 Å². The minimum absolute atomic E-state index is 0.0866. The van der Waals surface area contributed by atoms with Crippen molar-refractivity contribution in [2.24, 2.45) is 5.10 Å². The van der Waals surface area contributed by atoms with Crippen molar-refractivity contribution in [2.45, 2.75) is 52.1 Å². The van der Waals surface area contributed by atoms with E-state index in [1.54, 1.807) is 12.4 Å². The molecular weight excluding hydrogens is 328 g/mol. The molecule has 0 aliphatic heterocycles. The number of aromatic hydroxyl groups is 1. The molecule has 0 atom stereocenters. The van der Waals surface area contributed by atoms with Gasteiger partial charge in [-0.3, -0.25) is 19.8 Å². The highest BCUT2D eigenvalue weighted by atomic mass is 16.5. The number of rotatable bonds is 10. The Morgan fingerprint density at radius 1 is 1.20 bits per heavy atom. The molecule has 0 radical (unpaired) electrons. The first-order chi connectivity index (χ1) is 12.0. The standard InChI is InChI=1S/C16H24N4O5/c1-11-16(24)13(12(10-21)8-17-11)9-18-19-14(22)6-4-2-3-5-7-15(23)20-25/h8-9,21,24-25H,2-7,10H2,1H3,(H,19,22)(H,20,23)/b18-9+. The summed E-state index contributed by atoms with van der Waals surface area (Å²) >= 11 is 0. The first kappa shape index (κ1) is 20.5. The van der Waals surface area contributed by atoms with Crippen molar-refractivity contribution in [3.63, 3.8) is 0 Å². The van der Waals surface area contributed by atoms with Gasteiger partial charge in [-0.25, -0.2) is 10.9 Å². The molecule has 0 aromatic carbocycles. The largest absolute Gasteiger partial charge is 0.505 e. The lowest BCUT2D eigenvalue weighted by atomic mass is 10.1. The van der Waals surface area contributed by atoms with E-state index in [4.69, 9.17) is 5.21 Å². The number of nitrogens with zero attached hydrogens (tertiary/aromatic N) is 2. The Bertz CT molecular complexity index is 619. The van der Waals surface area contributed by atoms with E-state index in [2.05, 4.69) is 15.5 Å². The number of carbonyl (C=O) groups is 2. The van der Waals surface area contributed by atoms with Crippen LogP contribution in [0.2, 0.25) is 0 Å². The molecule has 0 fully saturated rings. The number of aliphatic hydroxyl groups excluding tert-OH is 1. The fourth-order valence-electron chi connectivity index (χ4n) is 2.13. The van der Waals surface area contributed by atoms with Gasteiger partial charge in [-0.05, 0) is 19.8 Å². The molecule has 0 aliphatic carbocycles. The predicted molar refractivity (Wildman–Crippen MR) is 89.9 cm³/mol. The Balaban J connectivity index is 2.34. The van der Waals surface area contributed by atoms with Crippen LogP contribution in [0.15, 0.2) is 11.3 Å². The molecule has 0 saturated heterocycles. The van der Waals surface area contributed by atoms with Crippen molar-refractivity contribution in [3.05, 3.63) is 23.0 Å². The second-order valence-electron chi connectivity index (χ2n) is 5.53. The molecule has 0 aliphatic rings. The summed E-state index contributed by atoms with van der Waals surface area (Å²) in [7, 11) is 0. The van der Waals surface area contributed by atoms with Crippen LogP contribution in [0.25, 0.3) is 0 Å². The Labute approximate surface area is 145 Å². The van der Waals surface area contributed by atoms with E-state index in [1.807, 2.05) is 0 Å². The smallest absolute Gasteiger partial charge is 0.243 e. The average molecular weight is 352 g/mol. The SMILES string of the molecule is Cc1ncc(CO)c(/C=N/NC(=O)CCCCCCC(=O)NO)c1O. The fourth-order valence-corrected chi connectivity index (χ4v) is 2.13. The highest BCUT2D eigenvalue weighted by molar-refractivity contribution is 5.87. The minimum atomic E-state index is -0.413. The van der Waals surface area contributed by atoms with Gasteiger partial charge in [0.2, 0.25) is 11.8 Å². The molecule has 138 valence electrons. The summed E-state index contributed by atoms with van der Waals surface area (Å²) in [6.07, 6.45) is 6.15. The molecule has 1 aromatic heterocycles. The highest BCUT2D eigenvalue weighted by Gasteiger charge is 2.09. The van der Waals surface area contributed by atoms with Crippen LogP contribution in [0.5, 0.6) is 5.75 Å². The number of hydrazone groups is 1. The lowest BCUT2D eigenvalue weighted by molar-refractivity contribution is -0.129. The molecule has 1 heterocycles. The molecule has 9 heteroatoms. The second-order valence-corrected chi connectivity index (χ2v) is 5.53. The van der Waals surface area contributed by atoms with Gasteiger partial charge in [-0.1, -0.05) is 12.8 Å². The maximum absolute atomic E-state index is 11.7. The van der Waals surface area contributed by atoms with Crippen LogP contribution in [0.3, 0.4) is 0 Å². The Morgan fingerprint density at radius 2 is 1.84 bits per heavy atom. The summed E-state index contributed by atoms with van der Waals surface area (Å²) in [5.41, 5.74) is 5.07. The fraction of sp³-hybridized carbons (Fsp3) is 0.500. The maximum atomic E-state index is 11.7. The second kappa shape index (κ2) is 11.1. The molecule has 25 heavy (non-hydrogen) atoms. The molecule has 5 N–H and O–H groups in total. The third kappa shape index (κ3) is 7.27. The molecule has 2 amide bonds. The Hall–Kier alpha value is -2.52. The van der Waals surface area contributed by atoms with Crippen LogP contribution >= 0.6 is 0 Å². The van der Waals surface area contributed by atoms with Gasteiger partial charge in [0.05, 0.1) is 18.5 Å². The number of pyridine rings is 1. The first-order valence-electron chi connectivity index (χ1n) is 8.02. The quantitative estimate of drug-likeness (QED) is 0.183. The normalized spacial score (nSPS) is 10.8. The van der Waals surface area contributed by atoms with E-state index in [0.717, 1.165) is 12.8 Å². The van der Waals surface area contributed by atoms with Crippen molar-refractivity contribution in [1.29, 1.82) is 0 Å². The summed E-state index contributed by atoms with van der Waals surface area (Å²) in [6.45, 7) is 1.32. The van der Waals surface area contributed by atoms with Crippen molar-refractivity contribution in [1.82, 2.24) is 15.9 Å². The van der Waals surface area contributed by atoms with E-state index in [0.29, 0.717) is 29.7 Å². The minimum Gasteiger partial charge on any atom is -0.505 e. The zero-order chi connectivity index (χ0) is 18.7. The number of hydrogen-bond acceptors (Lipinski definition) is 7. The number of aromatic nitrogens is 1. The lowest BCUT2D eigenvalue weighted by Gasteiger charge is -2.07. The molecule has 0 spiro atoms. The topological polar surface area (TPSA) is 144 Å². The van der Waals surface area contributed by atoms with Crippen LogP contribution in [0.4, 0.5) is 0 Å². The van der Waals surface area contributed by atoms with Crippen LogP contribution in [0.1, 0.15) is 55.3 Å². The molecule has 1 rings (SSSR count). The van der Waals surface area contributed by atoms with Gasteiger partial charge in [-0.2, -0.15) is 5.10 Å². The van der Waals surface area contributed by atoms with E-state index < -0.39 is 5.91 Å². The third-order valence-corrected chi connectivity index (χ3v) is 3.59. The number of nitrogens with one attached hydrogen (secondary N) is 2. The molecule has 1 aromatic rings. The third-order valence-electron chi connectivity index (χ3n) is 3.59. The number of unbranched alkanes of at least 4 members (excludes halogenated alkanes) is 3. The lowest BCUT2D eigenvalue weighted by Crippen LogP contribution is -2.18. The predicted octanol–water partition coefficient (Wildman–Crippen LogP) is 0.884. The van der Waals surface area contributed by atoms with E-state index in [9.17, 15) is 19.8 Å². The van der Waals surface area contributed by atoms with Crippen LogP contribution in [-0.4, -0.2) is 38.4 Å². The number of hydrogen-bond donors (Lipinski definition) is 5. The van der Waals surface area contributed by atoms with Gasteiger partial charge in [0.1, 0.15) is 5.75 Å². The van der Waals surface area contributed by atoms with Crippen LogP contribution in [-0.2, 0) is 16.2 Å². The molecule has 0 saturated carbocycles. The average Bonchev–Trinajstić information content (AvgIpc) is 2.61. The van der Waals surface area contributed by atoms with Gasteiger partial charge in [0.25, 0.3) is 0 Å². The summed E-state index contributed by atoms with van der Waals surface area (Å²) < 4.78 is 0. The van der Waals surface area contributed by atoms with E-state index >= 15 is 0 Å². The summed E-state index contributed by atoms with van der Waals surface area (Å²) in [4.78, 5) is 26.4. The molecule has 0 unspecified atom stereocenters. The van der Waals surface area contributed by atoms with Crippen LogP contribution in [0, 0.1) is 6.92 Å². The van der Waals surface area contributed by atoms with Crippen molar-refractivity contribution >= 4 is 18.0 Å². The summed E-state index contributed by atoms with van der Waals surface area (Å²) in [5.74, 6) is -0.763. The van der Waals surface area contributed by atoms with Gasteiger partial charge in [-0.15, -0.1) is 0 Å². The number of aliphatic hydroxyl groups is 1. The molecular formula is C16H24N4O5. The van der Waals surface area contributed by atoms with Gasteiger partial charge in [0, 0.05) is 30.2 Å². The number of carbonyl (C=O) groups excluding carboxylic acids is 2. The zero-order valence-corrected chi connectivity index (χ0v) is 14.2. The van der Waals surface area contributed by atoms with E-state index in [-0.39, 0.29) is 31.1 Å². The first-order valence-corrected chi connectivity index (χ1v) is 8.02. The molecule has 0 bridgehead atoms. The number of amides is 2. The zero-order valence-electron chi connectivity index (χ0n) is 14.2. The van der Waals surface area contributed by atoms with Crippen molar-refractivity contribution < 1.29 is 25.0 Å². The Kier molecular flexibility index (Phi) is 9.12. The van der Waals surface area contributed by atoms with Crippen molar-refractivity contribution in [3.8, 4) is 5.75 Å². The summed E-state index contributed by atoms with van der Waals surface area (Å²) in [6, 6.07) is 0.